The van der Waals surface area contributed by atoms with Crippen molar-refractivity contribution in [2.24, 2.45) is 0 Å². The minimum absolute atomic E-state index is 0.0336. The number of amides is 1. The molecule has 194 valence electrons. The van der Waals surface area contributed by atoms with Gasteiger partial charge in [-0.2, -0.15) is 0 Å². The first-order valence-electron chi connectivity index (χ1n) is 11.9. The minimum Gasteiger partial charge on any atom is -0.496 e. The van der Waals surface area contributed by atoms with E-state index in [0.717, 1.165) is 22.4 Å². The van der Waals surface area contributed by atoms with Gasteiger partial charge in [-0.25, -0.2) is 9.59 Å². The highest BCUT2D eigenvalue weighted by Gasteiger charge is 2.53. The molecule has 2 atom stereocenters. The lowest BCUT2D eigenvalue weighted by atomic mass is 9.88. The molecular formula is C27H35NO7Si. The number of fused-ring (bicyclic) bond motifs is 1. The van der Waals surface area contributed by atoms with Crippen molar-refractivity contribution >= 4 is 43.0 Å². The lowest BCUT2D eigenvalue weighted by molar-refractivity contribution is -0.157. The first-order chi connectivity index (χ1) is 16.9. The molecular weight excluding hydrogens is 478 g/mol. The molecule has 1 heterocycles. The Bertz CT molecular complexity index is 1170. The van der Waals surface area contributed by atoms with Gasteiger partial charge in [0.15, 0.2) is 5.60 Å². The fourth-order valence-corrected chi connectivity index (χ4v) is 5.18. The standard InChI is InChI=1S/C27H35NO7Si/c1-8-19-13-21-14-22(10-9-20(21)15-24(19)32-3)27(35-18(2)29)16-23(25(30)33-4)28(17-27)26(31)34-11-12-36(5,6)7/h8-10,13-15,23H,1,11-12,16-17H2,2-7H3/t23-,27-/m0/s1. The molecule has 0 saturated carbocycles. The lowest BCUT2D eigenvalue weighted by Gasteiger charge is -2.29. The summed E-state index contributed by atoms with van der Waals surface area (Å²) in [6, 6.07) is 9.32. The molecule has 1 fully saturated rings. The maximum absolute atomic E-state index is 13.1. The van der Waals surface area contributed by atoms with E-state index in [2.05, 4.69) is 26.2 Å². The molecule has 2 aromatic rings. The molecule has 0 radical (unpaired) electrons. The van der Waals surface area contributed by atoms with Gasteiger partial charge in [-0.05, 0) is 40.6 Å². The van der Waals surface area contributed by atoms with Crippen LogP contribution < -0.4 is 4.74 Å². The monoisotopic (exact) mass is 513 g/mol. The van der Waals surface area contributed by atoms with Crippen molar-refractivity contribution in [2.75, 3.05) is 27.4 Å². The Labute approximate surface area is 213 Å². The second-order valence-corrected chi connectivity index (χ2v) is 15.9. The van der Waals surface area contributed by atoms with Gasteiger partial charge in [0.05, 0.1) is 27.4 Å². The van der Waals surface area contributed by atoms with E-state index in [1.54, 1.807) is 13.2 Å². The van der Waals surface area contributed by atoms with Gasteiger partial charge in [-0.15, -0.1) is 0 Å². The molecule has 36 heavy (non-hydrogen) atoms. The zero-order valence-electron chi connectivity index (χ0n) is 21.9. The van der Waals surface area contributed by atoms with Crippen LogP contribution in [0.1, 0.15) is 24.5 Å². The first kappa shape index (κ1) is 27.3. The van der Waals surface area contributed by atoms with Crippen LogP contribution in [0.4, 0.5) is 4.79 Å². The van der Waals surface area contributed by atoms with E-state index in [-0.39, 0.29) is 19.6 Å². The first-order valence-corrected chi connectivity index (χ1v) is 15.6. The van der Waals surface area contributed by atoms with E-state index in [4.69, 9.17) is 18.9 Å². The summed E-state index contributed by atoms with van der Waals surface area (Å²) in [6.45, 7) is 12.0. The summed E-state index contributed by atoms with van der Waals surface area (Å²) >= 11 is 0. The number of hydrogen-bond donors (Lipinski definition) is 0. The van der Waals surface area contributed by atoms with Crippen LogP contribution in [0.15, 0.2) is 36.9 Å². The molecule has 3 rings (SSSR count). The Kier molecular flexibility index (Phi) is 8.13. The summed E-state index contributed by atoms with van der Waals surface area (Å²) in [5, 5.41) is 1.80. The molecule has 2 aromatic carbocycles. The zero-order chi connectivity index (χ0) is 26.7. The van der Waals surface area contributed by atoms with E-state index in [1.165, 1.54) is 18.9 Å². The number of ether oxygens (including phenoxy) is 4. The third-order valence-electron chi connectivity index (χ3n) is 6.38. The van der Waals surface area contributed by atoms with Crippen LogP contribution in [0.5, 0.6) is 5.75 Å². The fourth-order valence-electron chi connectivity index (χ4n) is 4.47. The van der Waals surface area contributed by atoms with Crippen LogP contribution in [0.2, 0.25) is 25.7 Å². The smallest absolute Gasteiger partial charge is 0.410 e. The number of methoxy groups -OCH3 is 2. The number of carbonyl (C=O) groups is 3. The van der Waals surface area contributed by atoms with Crippen molar-refractivity contribution in [3.63, 3.8) is 0 Å². The molecule has 0 aromatic heterocycles. The summed E-state index contributed by atoms with van der Waals surface area (Å²) in [6.07, 6.45) is 1.13. The zero-order valence-corrected chi connectivity index (χ0v) is 22.9. The predicted molar refractivity (Wildman–Crippen MR) is 141 cm³/mol. The number of likely N-dealkylation sites (tertiary alicyclic amines) is 1. The van der Waals surface area contributed by atoms with Gasteiger partial charge in [-0.3, -0.25) is 9.69 Å². The molecule has 0 aliphatic carbocycles. The van der Waals surface area contributed by atoms with Crippen LogP contribution in [0.25, 0.3) is 16.8 Å². The molecule has 8 nitrogen and oxygen atoms in total. The highest BCUT2D eigenvalue weighted by Crippen LogP contribution is 2.42. The molecule has 1 aliphatic rings. The Balaban J connectivity index is 2.03. The maximum atomic E-state index is 13.1. The third-order valence-corrected chi connectivity index (χ3v) is 8.09. The van der Waals surface area contributed by atoms with Crippen LogP contribution >= 0.6 is 0 Å². The summed E-state index contributed by atoms with van der Waals surface area (Å²) in [5.74, 6) is -0.418. The molecule has 0 bridgehead atoms. The average Bonchev–Trinajstić information content (AvgIpc) is 3.21. The van der Waals surface area contributed by atoms with Crippen molar-refractivity contribution in [3.05, 3.63) is 48.0 Å². The largest absolute Gasteiger partial charge is 0.496 e. The Morgan fingerprint density at radius 3 is 2.44 bits per heavy atom. The van der Waals surface area contributed by atoms with Gasteiger partial charge in [-0.1, -0.05) is 44.4 Å². The molecule has 9 heteroatoms. The SMILES string of the molecule is C=Cc1cc2cc([C@]3(OC(C)=O)C[C@@H](C(=O)OC)N(C(=O)OCC[Si](C)(C)C)C3)ccc2cc1OC. The van der Waals surface area contributed by atoms with Gasteiger partial charge in [0, 0.05) is 27.0 Å². The number of rotatable bonds is 8. The summed E-state index contributed by atoms with van der Waals surface area (Å²) in [4.78, 5) is 39.3. The number of esters is 2. The van der Waals surface area contributed by atoms with Crippen LogP contribution in [-0.2, 0) is 29.4 Å². The van der Waals surface area contributed by atoms with Gasteiger partial charge in [0.1, 0.15) is 11.8 Å². The number of nitrogens with zero attached hydrogens (tertiary/aromatic N) is 1. The minimum atomic E-state index is -1.43. The van der Waals surface area contributed by atoms with E-state index >= 15 is 0 Å². The number of carbonyl (C=O) groups excluding carboxylic acids is 3. The van der Waals surface area contributed by atoms with E-state index < -0.39 is 37.7 Å². The topological polar surface area (TPSA) is 91.4 Å². The predicted octanol–water partition coefficient (Wildman–Crippen LogP) is 4.97. The molecule has 1 aliphatic heterocycles. The Morgan fingerprint density at radius 2 is 1.86 bits per heavy atom. The van der Waals surface area contributed by atoms with E-state index in [0.29, 0.717) is 11.3 Å². The molecule has 0 unspecified atom stereocenters. The summed E-state index contributed by atoms with van der Waals surface area (Å²) in [7, 11) is 1.44. The van der Waals surface area contributed by atoms with Crippen molar-refractivity contribution < 1.29 is 33.3 Å². The fraction of sp³-hybridized carbons (Fsp3) is 0.444. The normalized spacial score (nSPS) is 19.6. The van der Waals surface area contributed by atoms with E-state index in [9.17, 15) is 14.4 Å². The second-order valence-electron chi connectivity index (χ2n) is 10.2. The summed E-state index contributed by atoms with van der Waals surface area (Å²) in [5.41, 5.74) is 0.233. The highest BCUT2D eigenvalue weighted by molar-refractivity contribution is 6.76. The quantitative estimate of drug-likeness (QED) is 0.280. The van der Waals surface area contributed by atoms with Crippen LogP contribution in [0, 0.1) is 0 Å². The van der Waals surface area contributed by atoms with Gasteiger partial charge < -0.3 is 18.9 Å². The van der Waals surface area contributed by atoms with Crippen LogP contribution in [0.3, 0.4) is 0 Å². The van der Waals surface area contributed by atoms with Crippen LogP contribution in [-0.4, -0.2) is 64.4 Å². The summed E-state index contributed by atoms with van der Waals surface area (Å²) < 4.78 is 21.8. The van der Waals surface area contributed by atoms with Crippen molar-refractivity contribution in [2.45, 2.75) is 50.7 Å². The highest BCUT2D eigenvalue weighted by atomic mass is 28.3. The molecule has 0 spiro atoms. The van der Waals surface area contributed by atoms with Crippen molar-refractivity contribution in [1.29, 1.82) is 0 Å². The molecule has 1 saturated heterocycles. The Hall–Kier alpha value is -3.33. The number of hydrogen-bond acceptors (Lipinski definition) is 7. The number of benzene rings is 2. The average molecular weight is 514 g/mol. The van der Waals surface area contributed by atoms with E-state index in [1.807, 2.05) is 30.3 Å². The third kappa shape index (κ3) is 5.89. The second kappa shape index (κ2) is 10.7. The Morgan fingerprint density at radius 1 is 1.14 bits per heavy atom. The van der Waals surface area contributed by atoms with Crippen molar-refractivity contribution in [3.8, 4) is 5.75 Å². The molecule has 0 N–H and O–H groups in total. The molecule has 1 amide bonds. The van der Waals surface area contributed by atoms with Gasteiger partial charge in [0.25, 0.3) is 0 Å². The van der Waals surface area contributed by atoms with Gasteiger partial charge >= 0.3 is 18.0 Å². The van der Waals surface area contributed by atoms with Crippen molar-refractivity contribution in [1.82, 2.24) is 4.90 Å². The van der Waals surface area contributed by atoms with Gasteiger partial charge in [0.2, 0.25) is 0 Å². The maximum Gasteiger partial charge on any atom is 0.410 e. The lowest BCUT2D eigenvalue weighted by Crippen LogP contribution is -2.42.